The largest absolute Gasteiger partial charge is 0.481 e. The number of carbonyl (C=O) groups is 1. The van der Waals surface area contributed by atoms with Crippen LogP contribution in [0, 0.1) is 23.7 Å². The molecule has 0 radical (unpaired) electrons. The molecule has 3 heteroatoms. The van der Waals surface area contributed by atoms with Gasteiger partial charge in [0.25, 0.3) is 0 Å². The maximum absolute atomic E-state index is 11.7. The van der Waals surface area contributed by atoms with Crippen molar-refractivity contribution in [2.24, 2.45) is 23.7 Å². The number of hydrogen-bond acceptors (Lipinski definition) is 2. The van der Waals surface area contributed by atoms with Crippen molar-refractivity contribution < 1.29 is 15.0 Å². The molecule has 5 atom stereocenters. The van der Waals surface area contributed by atoms with E-state index in [1.54, 1.807) is 0 Å². The molecule has 0 aliphatic carbocycles. The highest BCUT2D eigenvalue weighted by Crippen LogP contribution is 2.24. The van der Waals surface area contributed by atoms with Crippen LogP contribution in [0.1, 0.15) is 138 Å². The summed E-state index contributed by atoms with van der Waals surface area (Å²) < 4.78 is 0. The first kappa shape index (κ1) is 31.2. The van der Waals surface area contributed by atoms with Crippen molar-refractivity contribution in [2.45, 2.75) is 144 Å². The number of carboxylic acid groups (broad SMARTS) is 1. The van der Waals surface area contributed by atoms with E-state index in [0.717, 1.165) is 63.7 Å². The normalized spacial score (nSPS) is 17.0. The van der Waals surface area contributed by atoms with Crippen molar-refractivity contribution in [2.75, 3.05) is 0 Å². The fraction of sp³-hybridized carbons (Fsp3) is 0.897. The second-order valence-corrected chi connectivity index (χ2v) is 10.7. The van der Waals surface area contributed by atoms with E-state index in [2.05, 4.69) is 47.6 Å². The summed E-state index contributed by atoms with van der Waals surface area (Å²) in [5.41, 5.74) is 1.41. The van der Waals surface area contributed by atoms with Gasteiger partial charge < -0.3 is 10.2 Å². The van der Waals surface area contributed by atoms with Crippen molar-refractivity contribution in [3.63, 3.8) is 0 Å². The van der Waals surface area contributed by atoms with E-state index in [9.17, 15) is 15.0 Å². The second kappa shape index (κ2) is 19.6. The predicted octanol–water partition coefficient (Wildman–Crippen LogP) is 8.79. The van der Waals surface area contributed by atoms with Gasteiger partial charge in [0.05, 0.1) is 12.0 Å². The van der Waals surface area contributed by atoms with Gasteiger partial charge in [-0.15, -0.1) is 0 Å². The first-order valence-electron chi connectivity index (χ1n) is 13.8. The van der Waals surface area contributed by atoms with Gasteiger partial charge in [-0.05, 0) is 76.0 Å². The first-order valence-corrected chi connectivity index (χ1v) is 13.8. The van der Waals surface area contributed by atoms with Gasteiger partial charge in [-0.25, -0.2) is 0 Å². The molecule has 0 aliphatic heterocycles. The molecule has 0 aromatic carbocycles. The van der Waals surface area contributed by atoms with Gasteiger partial charge in [-0.3, -0.25) is 4.79 Å². The third kappa shape index (κ3) is 16.8. The Labute approximate surface area is 200 Å². The molecular formula is C29H56O3. The maximum Gasteiger partial charge on any atom is 0.306 e. The minimum absolute atomic E-state index is 0.193. The summed E-state index contributed by atoms with van der Waals surface area (Å²) in [6.07, 6.45) is 18.1. The van der Waals surface area contributed by atoms with E-state index >= 15 is 0 Å². The summed E-state index contributed by atoms with van der Waals surface area (Å²) in [5, 5.41) is 20.0. The van der Waals surface area contributed by atoms with E-state index in [1.165, 1.54) is 44.1 Å². The molecule has 0 saturated heterocycles. The van der Waals surface area contributed by atoms with Crippen LogP contribution in [0.25, 0.3) is 0 Å². The Morgan fingerprint density at radius 1 is 0.812 bits per heavy atom. The summed E-state index contributed by atoms with van der Waals surface area (Å²) in [6, 6.07) is 0. The third-order valence-electron chi connectivity index (χ3n) is 7.45. The zero-order valence-corrected chi connectivity index (χ0v) is 22.4. The summed E-state index contributed by atoms with van der Waals surface area (Å²) in [4.78, 5) is 11.7. The number of allylic oxidation sites excluding steroid dienone is 2. The van der Waals surface area contributed by atoms with Crippen LogP contribution >= 0.6 is 0 Å². The Hall–Kier alpha value is -0.830. The van der Waals surface area contributed by atoms with Crippen LogP contribution in [-0.2, 0) is 4.79 Å². The van der Waals surface area contributed by atoms with Gasteiger partial charge in [-0.1, -0.05) is 91.2 Å². The summed E-state index contributed by atoms with van der Waals surface area (Å²) >= 11 is 0. The zero-order valence-electron chi connectivity index (χ0n) is 22.4. The molecule has 3 nitrogen and oxygen atoms in total. The molecule has 190 valence electrons. The van der Waals surface area contributed by atoms with Crippen molar-refractivity contribution in [3.05, 3.63) is 11.6 Å². The van der Waals surface area contributed by atoms with Crippen LogP contribution < -0.4 is 0 Å². The van der Waals surface area contributed by atoms with Crippen molar-refractivity contribution >= 4 is 5.97 Å². The molecule has 0 bridgehead atoms. The Kier molecular flexibility index (Phi) is 19.1. The van der Waals surface area contributed by atoms with Crippen LogP contribution in [0.3, 0.4) is 0 Å². The fourth-order valence-corrected chi connectivity index (χ4v) is 4.46. The number of aliphatic hydroxyl groups is 1. The number of unbranched alkanes of at least 4 members (excludes halogenated alkanes) is 2. The van der Waals surface area contributed by atoms with Gasteiger partial charge in [0, 0.05) is 0 Å². The van der Waals surface area contributed by atoms with E-state index < -0.39 is 5.97 Å². The molecule has 0 saturated carbocycles. The predicted molar refractivity (Wildman–Crippen MR) is 139 cm³/mol. The summed E-state index contributed by atoms with van der Waals surface area (Å²) in [7, 11) is 0. The van der Waals surface area contributed by atoms with Crippen LogP contribution in [-0.4, -0.2) is 22.3 Å². The Balaban J connectivity index is 4.11. The van der Waals surface area contributed by atoms with Crippen LogP contribution in [0.2, 0.25) is 0 Å². The SMILES string of the molecule is CCCCCC(C)C(O)CCC(C)CCCC(CCC=C(C)CCCC(C)CC)C(=O)O. The van der Waals surface area contributed by atoms with Gasteiger partial charge in [0.2, 0.25) is 0 Å². The smallest absolute Gasteiger partial charge is 0.306 e. The number of carboxylic acids is 1. The Morgan fingerprint density at radius 2 is 1.50 bits per heavy atom. The van der Waals surface area contributed by atoms with Gasteiger partial charge in [0.1, 0.15) is 0 Å². The van der Waals surface area contributed by atoms with E-state index in [0.29, 0.717) is 11.8 Å². The van der Waals surface area contributed by atoms with E-state index in [1.807, 2.05) is 0 Å². The van der Waals surface area contributed by atoms with Crippen LogP contribution in [0.4, 0.5) is 0 Å². The maximum atomic E-state index is 11.7. The molecule has 0 rings (SSSR count). The van der Waals surface area contributed by atoms with Crippen molar-refractivity contribution in [1.82, 2.24) is 0 Å². The lowest BCUT2D eigenvalue weighted by atomic mass is 9.89. The molecule has 0 aliphatic rings. The van der Waals surface area contributed by atoms with Crippen molar-refractivity contribution in [1.29, 1.82) is 0 Å². The fourth-order valence-electron chi connectivity index (χ4n) is 4.46. The molecule has 0 spiro atoms. The third-order valence-corrected chi connectivity index (χ3v) is 7.45. The highest BCUT2D eigenvalue weighted by molar-refractivity contribution is 5.69. The number of rotatable bonds is 21. The van der Waals surface area contributed by atoms with Gasteiger partial charge in [-0.2, -0.15) is 0 Å². The highest BCUT2D eigenvalue weighted by Gasteiger charge is 2.18. The lowest BCUT2D eigenvalue weighted by Crippen LogP contribution is -2.18. The molecule has 2 N–H and O–H groups in total. The number of hydrogen-bond donors (Lipinski definition) is 2. The lowest BCUT2D eigenvalue weighted by molar-refractivity contribution is -0.142. The minimum Gasteiger partial charge on any atom is -0.481 e. The average Bonchev–Trinajstić information content (AvgIpc) is 2.76. The number of aliphatic carboxylic acids is 1. The zero-order chi connectivity index (χ0) is 24.4. The van der Waals surface area contributed by atoms with Gasteiger partial charge >= 0.3 is 5.97 Å². The highest BCUT2D eigenvalue weighted by atomic mass is 16.4. The van der Waals surface area contributed by atoms with E-state index in [-0.39, 0.29) is 12.0 Å². The summed E-state index contributed by atoms with van der Waals surface area (Å²) in [5.74, 6) is 0.873. The molecule has 0 fully saturated rings. The standard InChI is InChI=1S/C29H56O3/c1-7-9-10-18-26(6)28(30)22-21-25(5)17-13-20-27(29(31)32)19-12-16-24(4)15-11-14-23(3)8-2/h16,23,25-28,30H,7-15,17-22H2,1-6H3,(H,31,32). The van der Waals surface area contributed by atoms with Crippen molar-refractivity contribution in [3.8, 4) is 0 Å². The van der Waals surface area contributed by atoms with Gasteiger partial charge in [0.15, 0.2) is 0 Å². The summed E-state index contributed by atoms with van der Waals surface area (Å²) in [6.45, 7) is 13.4. The number of aliphatic hydroxyl groups excluding tert-OH is 1. The molecule has 0 amide bonds. The molecule has 0 heterocycles. The quantitative estimate of drug-likeness (QED) is 0.135. The second-order valence-electron chi connectivity index (χ2n) is 10.7. The monoisotopic (exact) mass is 452 g/mol. The average molecular weight is 453 g/mol. The molecule has 0 aromatic rings. The molecule has 32 heavy (non-hydrogen) atoms. The Bertz CT molecular complexity index is 485. The molecular weight excluding hydrogens is 396 g/mol. The van der Waals surface area contributed by atoms with Crippen LogP contribution in [0.5, 0.6) is 0 Å². The lowest BCUT2D eigenvalue weighted by Gasteiger charge is -2.21. The topological polar surface area (TPSA) is 57.5 Å². The molecule has 5 unspecified atom stereocenters. The molecule has 0 aromatic heterocycles. The minimum atomic E-state index is -0.642. The van der Waals surface area contributed by atoms with Crippen LogP contribution in [0.15, 0.2) is 11.6 Å². The van der Waals surface area contributed by atoms with E-state index in [4.69, 9.17) is 0 Å². The Morgan fingerprint density at radius 3 is 2.12 bits per heavy atom. The first-order chi connectivity index (χ1) is 15.2.